The van der Waals surface area contributed by atoms with Gasteiger partial charge in [-0.05, 0) is 57.1 Å². The van der Waals surface area contributed by atoms with Gasteiger partial charge < -0.3 is 9.64 Å². The van der Waals surface area contributed by atoms with Crippen LogP contribution in [0, 0.1) is 0 Å². The van der Waals surface area contributed by atoms with Gasteiger partial charge in [-0.15, -0.1) is 12.4 Å². The van der Waals surface area contributed by atoms with Gasteiger partial charge in [0.1, 0.15) is 6.10 Å². The largest absolute Gasteiger partial charge is 0.457 e. The fraction of sp³-hybridized carbons (Fsp3) is 0.321. The van der Waals surface area contributed by atoms with E-state index >= 15 is 0 Å². The van der Waals surface area contributed by atoms with Gasteiger partial charge in [0.15, 0.2) is 0 Å². The van der Waals surface area contributed by atoms with Crippen LogP contribution >= 0.6 is 12.4 Å². The molecule has 0 radical (unpaired) electrons. The van der Waals surface area contributed by atoms with Crippen LogP contribution in [-0.2, 0) is 10.2 Å². The fourth-order valence-corrected chi connectivity index (χ4v) is 4.33. The smallest absolute Gasteiger partial charge is 0.338 e. The molecule has 4 heteroatoms. The zero-order chi connectivity index (χ0) is 22.3. The minimum atomic E-state index is -0.467. The van der Waals surface area contributed by atoms with Gasteiger partial charge in [0.05, 0.1) is 11.0 Å². The third-order valence-electron chi connectivity index (χ3n) is 6.26. The quantitative estimate of drug-likeness (QED) is 0.354. The second-order valence-electron chi connectivity index (χ2n) is 8.39. The van der Waals surface area contributed by atoms with Crippen LogP contribution in [-0.4, -0.2) is 37.1 Å². The molecule has 3 rings (SSSR count). The summed E-state index contributed by atoms with van der Waals surface area (Å²) in [7, 11) is 4.20. The SMILES string of the molecule is CCC(OC(=O)c1ccccc1)C(CC(C)N(C)C)(c1ccccc1)c1ccccc1.Cl. The Labute approximate surface area is 198 Å². The highest BCUT2D eigenvalue weighted by Gasteiger charge is 2.45. The van der Waals surface area contributed by atoms with Crippen molar-refractivity contribution in [3.05, 3.63) is 108 Å². The lowest BCUT2D eigenvalue weighted by atomic mass is 9.65. The monoisotopic (exact) mass is 451 g/mol. The fourth-order valence-electron chi connectivity index (χ4n) is 4.33. The topological polar surface area (TPSA) is 29.5 Å². The Kier molecular flexibility index (Phi) is 9.49. The van der Waals surface area contributed by atoms with Crippen molar-refractivity contribution in [1.29, 1.82) is 0 Å². The summed E-state index contributed by atoms with van der Waals surface area (Å²) in [4.78, 5) is 15.3. The molecule has 0 saturated heterocycles. The first-order chi connectivity index (χ1) is 15.0. The number of halogens is 1. The van der Waals surface area contributed by atoms with Gasteiger partial charge in [0, 0.05) is 6.04 Å². The van der Waals surface area contributed by atoms with E-state index in [4.69, 9.17) is 4.74 Å². The Hall–Kier alpha value is -2.62. The Morgan fingerprint density at radius 2 is 1.28 bits per heavy atom. The highest BCUT2D eigenvalue weighted by atomic mass is 35.5. The number of carbonyl (C=O) groups excluding carboxylic acids is 1. The molecule has 2 unspecified atom stereocenters. The number of ether oxygens (including phenoxy) is 1. The first kappa shape index (κ1) is 25.6. The Morgan fingerprint density at radius 1 is 0.844 bits per heavy atom. The van der Waals surface area contributed by atoms with Crippen LogP contribution in [0.3, 0.4) is 0 Å². The molecule has 0 amide bonds. The van der Waals surface area contributed by atoms with Crippen molar-refractivity contribution < 1.29 is 9.53 Å². The Morgan fingerprint density at radius 3 is 1.69 bits per heavy atom. The van der Waals surface area contributed by atoms with Crippen molar-refractivity contribution in [2.24, 2.45) is 0 Å². The third kappa shape index (κ3) is 5.59. The average Bonchev–Trinajstić information content (AvgIpc) is 2.82. The van der Waals surface area contributed by atoms with E-state index in [0.29, 0.717) is 12.0 Å². The molecule has 0 heterocycles. The maximum absolute atomic E-state index is 13.1. The lowest BCUT2D eigenvalue weighted by Crippen LogP contribution is -2.47. The molecule has 2 atom stereocenters. The molecule has 0 fully saturated rings. The average molecular weight is 452 g/mol. The van der Waals surface area contributed by atoms with Crippen LogP contribution in [0.4, 0.5) is 0 Å². The lowest BCUT2D eigenvalue weighted by molar-refractivity contribution is 0.00551. The zero-order valence-corrected chi connectivity index (χ0v) is 20.2. The predicted octanol–water partition coefficient (Wildman–Crippen LogP) is 6.37. The van der Waals surface area contributed by atoms with E-state index in [1.165, 1.54) is 11.1 Å². The molecule has 0 saturated carbocycles. The van der Waals surface area contributed by atoms with Crippen LogP contribution in [0.2, 0.25) is 0 Å². The van der Waals surface area contributed by atoms with Crippen LogP contribution < -0.4 is 0 Å². The summed E-state index contributed by atoms with van der Waals surface area (Å²) in [6.45, 7) is 4.33. The molecule has 3 aromatic carbocycles. The predicted molar refractivity (Wildman–Crippen MR) is 135 cm³/mol. The molecule has 0 aliphatic carbocycles. The molecule has 0 aliphatic heterocycles. The van der Waals surface area contributed by atoms with Gasteiger partial charge in [-0.1, -0.05) is 85.8 Å². The molecular formula is C28H34ClNO2. The van der Waals surface area contributed by atoms with Crippen molar-refractivity contribution in [1.82, 2.24) is 4.90 Å². The number of benzene rings is 3. The van der Waals surface area contributed by atoms with E-state index in [1.807, 2.05) is 42.5 Å². The second kappa shape index (κ2) is 11.8. The van der Waals surface area contributed by atoms with Crippen molar-refractivity contribution in [3.63, 3.8) is 0 Å². The lowest BCUT2D eigenvalue weighted by Gasteiger charge is -2.43. The van der Waals surface area contributed by atoms with E-state index in [0.717, 1.165) is 6.42 Å². The van der Waals surface area contributed by atoms with Crippen molar-refractivity contribution in [3.8, 4) is 0 Å². The van der Waals surface area contributed by atoms with Crippen LogP contribution in [0.5, 0.6) is 0 Å². The first-order valence-electron chi connectivity index (χ1n) is 11.0. The van der Waals surface area contributed by atoms with Gasteiger partial charge in [0.25, 0.3) is 0 Å². The van der Waals surface area contributed by atoms with E-state index in [2.05, 4.69) is 81.4 Å². The number of hydrogen-bond donors (Lipinski definition) is 0. The molecule has 0 N–H and O–H groups in total. The van der Waals surface area contributed by atoms with Gasteiger partial charge >= 0.3 is 5.97 Å². The summed E-state index contributed by atoms with van der Waals surface area (Å²) in [6.07, 6.45) is 1.23. The standard InChI is InChI=1S/C28H33NO2.ClH/c1-5-26(31-27(30)23-15-9-6-10-16-23)28(21-22(2)29(3)4,24-17-11-7-12-18-24)25-19-13-8-14-20-25;/h6-20,22,26H,5,21H2,1-4H3;1H. The Bertz CT molecular complexity index is 905. The molecule has 0 aromatic heterocycles. The zero-order valence-electron chi connectivity index (χ0n) is 19.4. The van der Waals surface area contributed by atoms with E-state index in [1.54, 1.807) is 0 Å². The molecule has 0 bridgehead atoms. The number of carbonyl (C=O) groups is 1. The number of rotatable bonds is 9. The maximum atomic E-state index is 13.1. The number of nitrogens with zero attached hydrogens (tertiary/aromatic N) is 1. The molecule has 0 spiro atoms. The van der Waals surface area contributed by atoms with E-state index in [-0.39, 0.29) is 30.5 Å². The summed E-state index contributed by atoms with van der Waals surface area (Å²) < 4.78 is 6.28. The minimum absolute atomic E-state index is 0. The first-order valence-corrected chi connectivity index (χ1v) is 11.0. The Balaban J connectivity index is 0.00000363. The molecule has 3 nitrogen and oxygen atoms in total. The highest BCUT2D eigenvalue weighted by molar-refractivity contribution is 5.89. The summed E-state index contributed by atoms with van der Waals surface area (Å²) >= 11 is 0. The van der Waals surface area contributed by atoms with Gasteiger partial charge in [-0.2, -0.15) is 0 Å². The van der Waals surface area contributed by atoms with Gasteiger partial charge in [-0.3, -0.25) is 0 Å². The van der Waals surface area contributed by atoms with Crippen molar-refractivity contribution in [2.45, 2.75) is 44.2 Å². The van der Waals surface area contributed by atoms with Crippen molar-refractivity contribution in [2.75, 3.05) is 14.1 Å². The van der Waals surface area contributed by atoms with Crippen LogP contribution in [0.1, 0.15) is 48.2 Å². The van der Waals surface area contributed by atoms with Gasteiger partial charge in [-0.25, -0.2) is 4.79 Å². The minimum Gasteiger partial charge on any atom is -0.457 e. The molecule has 3 aromatic rings. The maximum Gasteiger partial charge on any atom is 0.338 e. The molecule has 32 heavy (non-hydrogen) atoms. The normalized spacial score (nSPS) is 13.2. The summed E-state index contributed by atoms with van der Waals surface area (Å²) in [6, 6.07) is 30.5. The molecular weight excluding hydrogens is 418 g/mol. The van der Waals surface area contributed by atoms with Crippen LogP contribution in [0.15, 0.2) is 91.0 Å². The van der Waals surface area contributed by atoms with E-state index < -0.39 is 5.41 Å². The second-order valence-corrected chi connectivity index (χ2v) is 8.39. The summed E-state index contributed by atoms with van der Waals surface area (Å²) in [5, 5.41) is 0. The third-order valence-corrected chi connectivity index (χ3v) is 6.26. The van der Waals surface area contributed by atoms with Crippen molar-refractivity contribution >= 4 is 18.4 Å². The summed E-state index contributed by atoms with van der Waals surface area (Å²) in [5.41, 5.74) is 2.45. The molecule has 170 valence electrons. The van der Waals surface area contributed by atoms with Gasteiger partial charge in [0.2, 0.25) is 0 Å². The number of esters is 1. The van der Waals surface area contributed by atoms with Crippen LogP contribution in [0.25, 0.3) is 0 Å². The molecule has 0 aliphatic rings. The highest BCUT2D eigenvalue weighted by Crippen LogP contribution is 2.43. The summed E-state index contributed by atoms with van der Waals surface area (Å²) in [5.74, 6) is -0.277. The van der Waals surface area contributed by atoms with E-state index in [9.17, 15) is 4.79 Å². The number of hydrogen-bond acceptors (Lipinski definition) is 3.